The van der Waals surface area contributed by atoms with Crippen LogP contribution in [0.3, 0.4) is 0 Å². The molecule has 6 heteroatoms. The maximum absolute atomic E-state index is 12.0. The van der Waals surface area contributed by atoms with Crippen molar-refractivity contribution in [2.75, 3.05) is 0 Å². The van der Waals surface area contributed by atoms with E-state index in [2.05, 4.69) is 9.97 Å². The maximum Gasteiger partial charge on any atom is 0.156 e. The summed E-state index contributed by atoms with van der Waals surface area (Å²) < 4.78 is 24.0. The Morgan fingerprint density at radius 1 is 1.22 bits per heavy atom. The minimum atomic E-state index is -3.02. The third kappa shape index (κ3) is 1.66. The van der Waals surface area contributed by atoms with Crippen LogP contribution in [0.25, 0.3) is 0 Å². The fourth-order valence-electron chi connectivity index (χ4n) is 3.11. The Hall–Kier alpha value is -1.01. The predicted octanol–water partition coefficient (Wildman–Crippen LogP) is 0.712. The first-order chi connectivity index (χ1) is 8.42. The van der Waals surface area contributed by atoms with Gasteiger partial charge in [0.1, 0.15) is 5.82 Å². The molecule has 0 aromatic carbocycles. The van der Waals surface area contributed by atoms with Crippen LogP contribution in [0.1, 0.15) is 37.1 Å². The molecular weight excluding hydrogens is 252 g/mol. The summed E-state index contributed by atoms with van der Waals surface area (Å²) >= 11 is 0. The lowest BCUT2D eigenvalue weighted by molar-refractivity contribution is 0.0166. The fourth-order valence-corrected chi connectivity index (χ4v) is 5.60. The van der Waals surface area contributed by atoms with Crippen LogP contribution >= 0.6 is 0 Å². The number of hydrogen-bond donors (Lipinski definition) is 1. The molecule has 0 spiro atoms. The molecule has 0 radical (unpaired) electrons. The van der Waals surface area contributed by atoms with Gasteiger partial charge in [-0.2, -0.15) is 0 Å². The Morgan fingerprint density at radius 2 is 1.72 bits per heavy atom. The Kier molecular flexibility index (Phi) is 2.50. The Balaban J connectivity index is 1.97. The molecule has 5 nitrogen and oxygen atoms in total. The van der Waals surface area contributed by atoms with Crippen molar-refractivity contribution in [3.05, 3.63) is 23.8 Å². The van der Waals surface area contributed by atoms with Crippen LogP contribution in [0.2, 0.25) is 0 Å². The summed E-state index contributed by atoms with van der Waals surface area (Å²) in [5.74, 6) is 0.647. The number of hydrogen-bond acceptors (Lipinski definition) is 5. The van der Waals surface area contributed by atoms with Crippen LogP contribution in [0.4, 0.5) is 0 Å². The van der Waals surface area contributed by atoms with Crippen molar-refractivity contribution < 1.29 is 13.5 Å². The third-order valence-electron chi connectivity index (χ3n) is 4.19. The van der Waals surface area contributed by atoms with E-state index in [1.54, 1.807) is 19.3 Å². The van der Waals surface area contributed by atoms with Crippen molar-refractivity contribution in [3.63, 3.8) is 0 Å². The summed E-state index contributed by atoms with van der Waals surface area (Å²) in [5.41, 5.74) is -0.440. The van der Waals surface area contributed by atoms with E-state index in [1.807, 2.05) is 0 Å². The van der Waals surface area contributed by atoms with E-state index in [0.29, 0.717) is 24.2 Å². The van der Waals surface area contributed by atoms with E-state index >= 15 is 0 Å². The molecule has 3 rings (SSSR count). The molecule has 1 aromatic heterocycles. The number of rotatable bonds is 1. The van der Waals surface area contributed by atoms with E-state index in [4.69, 9.17) is 0 Å². The van der Waals surface area contributed by atoms with Gasteiger partial charge in [0.2, 0.25) is 0 Å². The van der Waals surface area contributed by atoms with Gasteiger partial charge in [-0.05, 0) is 32.6 Å². The van der Waals surface area contributed by atoms with Crippen molar-refractivity contribution in [1.29, 1.82) is 0 Å². The largest absolute Gasteiger partial charge is 0.385 e. The van der Waals surface area contributed by atoms with E-state index in [1.165, 1.54) is 0 Å². The molecule has 2 aliphatic rings. The zero-order valence-electron chi connectivity index (χ0n) is 10.2. The molecule has 98 valence electrons. The lowest BCUT2D eigenvalue weighted by atomic mass is 9.88. The van der Waals surface area contributed by atoms with Crippen molar-refractivity contribution in [1.82, 2.24) is 9.97 Å². The molecular formula is C12H16N2O3S. The number of sulfone groups is 1. The minimum absolute atomic E-state index is 0.276. The molecule has 2 bridgehead atoms. The topological polar surface area (TPSA) is 80.2 Å². The van der Waals surface area contributed by atoms with Crippen LogP contribution in [-0.4, -0.2) is 34.0 Å². The zero-order valence-corrected chi connectivity index (χ0v) is 11.0. The van der Waals surface area contributed by atoms with Crippen LogP contribution in [-0.2, 0) is 15.4 Å². The molecule has 1 aromatic rings. The summed E-state index contributed by atoms with van der Waals surface area (Å²) in [6, 6.07) is 0. The van der Waals surface area contributed by atoms with Gasteiger partial charge in [-0.3, -0.25) is 0 Å². The molecule has 0 aliphatic carbocycles. The maximum atomic E-state index is 12.0. The molecule has 2 saturated heterocycles. The van der Waals surface area contributed by atoms with Gasteiger partial charge in [-0.25, -0.2) is 18.4 Å². The number of nitrogens with zero attached hydrogens (tertiary/aromatic N) is 2. The van der Waals surface area contributed by atoms with Crippen LogP contribution in [0.5, 0.6) is 0 Å². The average molecular weight is 268 g/mol. The summed E-state index contributed by atoms with van der Waals surface area (Å²) in [6.07, 6.45) is 5.11. The lowest BCUT2D eigenvalue weighted by Gasteiger charge is -2.36. The molecule has 0 saturated carbocycles. The predicted molar refractivity (Wildman–Crippen MR) is 65.6 cm³/mol. The number of aliphatic hydroxyl groups is 1. The average Bonchev–Trinajstić information content (AvgIpc) is 2.51. The molecule has 2 fully saturated rings. The van der Waals surface area contributed by atoms with Crippen molar-refractivity contribution >= 4 is 9.84 Å². The second kappa shape index (κ2) is 3.74. The highest BCUT2D eigenvalue weighted by Gasteiger charge is 2.53. The summed E-state index contributed by atoms with van der Waals surface area (Å²) in [4.78, 5) is 8.17. The standard InChI is InChI=1S/C12H16N2O3S/c1-8-13-6-9(7-14-8)12(15)4-10-2-3-11(5-12)18(10,16)17/h6-7,10-11,15H,2-5H2,1H3. The molecule has 1 N–H and O–H groups in total. The van der Waals surface area contributed by atoms with Gasteiger partial charge in [0.05, 0.1) is 16.1 Å². The smallest absolute Gasteiger partial charge is 0.156 e. The van der Waals surface area contributed by atoms with Gasteiger partial charge < -0.3 is 5.11 Å². The normalized spacial score (nSPS) is 37.7. The van der Waals surface area contributed by atoms with Gasteiger partial charge in [0.15, 0.2) is 9.84 Å². The zero-order chi connectivity index (χ0) is 13.0. The summed E-state index contributed by atoms with van der Waals surface area (Å²) in [7, 11) is -3.02. The second-order valence-electron chi connectivity index (χ2n) is 5.37. The van der Waals surface area contributed by atoms with Gasteiger partial charge in [0.25, 0.3) is 0 Å². The number of aromatic nitrogens is 2. The van der Waals surface area contributed by atoms with Crippen molar-refractivity contribution in [3.8, 4) is 0 Å². The van der Waals surface area contributed by atoms with E-state index < -0.39 is 25.9 Å². The van der Waals surface area contributed by atoms with E-state index in [9.17, 15) is 13.5 Å². The number of aryl methyl sites for hydroxylation is 1. The molecule has 2 unspecified atom stereocenters. The Bertz CT molecular complexity index is 547. The molecule has 2 aliphatic heterocycles. The van der Waals surface area contributed by atoms with Crippen molar-refractivity contribution in [2.45, 2.75) is 48.7 Å². The Labute approximate surface area is 106 Å². The summed E-state index contributed by atoms with van der Waals surface area (Å²) in [6.45, 7) is 1.78. The van der Waals surface area contributed by atoms with E-state index in [-0.39, 0.29) is 12.8 Å². The first-order valence-corrected chi connectivity index (χ1v) is 7.77. The van der Waals surface area contributed by atoms with Crippen LogP contribution < -0.4 is 0 Å². The Morgan fingerprint density at radius 3 is 2.22 bits per heavy atom. The van der Waals surface area contributed by atoms with E-state index in [0.717, 1.165) is 0 Å². The highest BCUT2D eigenvalue weighted by atomic mass is 32.2. The number of fused-ring (bicyclic) bond motifs is 2. The lowest BCUT2D eigenvalue weighted by Crippen LogP contribution is -2.43. The fraction of sp³-hybridized carbons (Fsp3) is 0.667. The monoisotopic (exact) mass is 268 g/mol. The highest BCUT2D eigenvalue weighted by Crippen LogP contribution is 2.47. The molecule has 3 heterocycles. The molecule has 18 heavy (non-hydrogen) atoms. The second-order valence-corrected chi connectivity index (χ2v) is 7.88. The summed E-state index contributed by atoms with van der Waals surface area (Å²) in [5, 5.41) is 9.90. The highest BCUT2D eigenvalue weighted by molar-refractivity contribution is 7.93. The van der Waals surface area contributed by atoms with Gasteiger partial charge in [-0.1, -0.05) is 0 Å². The minimum Gasteiger partial charge on any atom is -0.385 e. The SMILES string of the molecule is Cc1ncc(C2(O)CC3CCC(C2)S3(=O)=O)cn1. The van der Waals surface area contributed by atoms with Crippen LogP contribution in [0, 0.1) is 6.92 Å². The van der Waals surface area contributed by atoms with Gasteiger partial charge >= 0.3 is 0 Å². The quantitative estimate of drug-likeness (QED) is 0.811. The van der Waals surface area contributed by atoms with Crippen molar-refractivity contribution in [2.24, 2.45) is 0 Å². The first kappa shape index (κ1) is 12.0. The molecule has 0 amide bonds. The molecule has 2 atom stereocenters. The first-order valence-electron chi connectivity index (χ1n) is 6.16. The van der Waals surface area contributed by atoms with Gasteiger partial charge in [-0.15, -0.1) is 0 Å². The third-order valence-corrected chi connectivity index (χ3v) is 6.85. The van der Waals surface area contributed by atoms with Gasteiger partial charge in [0, 0.05) is 18.0 Å². The van der Waals surface area contributed by atoms with Crippen LogP contribution in [0.15, 0.2) is 12.4 Å².